The first-order valence-electron chi connectivity index (χ1n) is 4.55. The van der Waals surface area contributed by atoms with Gasteiger partial charge in [0, 0.05) is 22.7 Å². The molecule has 0 fully saturated rings. The Hall–Kier alpha value is -1.94. The number of nitrogens with one attached hydrogen (secondary N) is 1. The molecule has 76 valence electrons. The Bertz CT molecular complexity index is 516. The van der Waals surface area contributed by atoms with Crippen LogP contribution in [0, 0.1) is 0 Å². The van der Waals surface area contributed by atoms with Gasteiger partial charge in [-0.2, -0.15) is 0 Å². The molecule has 3 N–H and O–H groups in total. The number of para-hydroxylation sites is 1. The Balaban J connectivity index is 2.53. The minimum Gasteiger partial charge on any atom is -0.360 e. The van der Waals surface area contributed by atoms with E-state index in [1.807, 2.05) is 24.3 Å². The summed E-state index contributed by atoms with van der Waals surface area (Å²) in [4.78, 5) is 25.1. The molecule has 0 bridgehead atoms. The lowest BCUT2D eigenvalue weighted by Crippen LogP contribution is -2.31. The Kier molecular flexibility index (Phi) is 2.35. The van der Waals surface area contributed by atoms with E-state index in [0.717, 1.165) is 10.9 Å². The van der Waals surface area contributed by atoms with Crippen molar-refractivity contribution in [3.8, 4) is 0 Å². The zero-order chi connectivity index (χ0) is 10.8. The normalized spacial score (nSPS) is 12.6. The minimum absolute atomic E-state index is 0.359. The summed E-state index contributed by atoms with van der Waals surface area (Å²) in [5.74, 6) is -0.359. The third-order valence-electron chi connectivity index (χ3n) is 2.30. The third-order valence-corrected chi connectivity index (χ3v) is 2.30. The van der Waals surface area contributed by atoms with Crippen molar-refractivity contribution < 1.29 is 9.59 Å². The molecule has 0 aliphatic heterocycles. The van der Waals surface area contributed by atoms with E-state index in [4.69, 9.17) is 5.73 Å². The molecular weight excluding hydrogens is 192 g/mol. The molecule has 15 heavy (non-hydrogen) atoms. The highest BCUT2D eigenvalue weighted by molar-refractivity contribution is 6.15. The molecule has 4 nitrogen and oxygen atoms in total. The summed E-state index contributed by atoms with van der Waals surface area (Å²) >= 11 is 0. The molecule has 4 heteroatoms. The van der Waals surface area contributed by atoms with Crippen LogP contribution >= 0.6 is 0 Å². The van der Waals surface area contributed by atoms with E-state index < -0.39 is 6.04 Å². The number of hydrogen-bond donors (Lipinski definition) is 2. The van der Waals surface area contributed by atoms with Gasteiger partial charge in [-0.1, -0.05) is 18.2 Å². The molecule has 2 aromatic rings. The van der Waals surface area contributed by atoms with Gasteiger partial charge in [0.2, 0.25) is 0 Å². The number of nitrogens with two attached hydrogens (primary N) is 1. The minimum atomic E-state index is -1.08. The number of H-pyrrole nitrogens is 1. The highest BCUT2D eigenvalue weighted by Gasteiger charge is 2.17. The Morgan fingerprint density at radius 1 is 1.40 bits per heavy atom. The van der Waals surface area contributed by atoms with Crippen molar-refractivity contribution in [2.75, 3.05) is 0 Å². The standard InChI is InChI=1S/C11H10N2O2/c12-9(6-14)11(15)8-5-13-10-4-2-1-3-7(8)10/h1-6,9,13H,12H2. The van der Waals surface area contributed by atoms with E-state index in [0.29, 0.717) is 11.8 Å². The van der Waals surface area contributed by atoms with Crippen molar-refractivity contribution in [1.82, 2.24) is 4.98 Å². The fourth-order valence-corrected chi connectivity index (χ4v) is 1.52. The maximum absolute atomic E-state index is 11.7. The predicted octanol–water partition coefficient (Wildman–Crippen LogP) is 0.877. The van der Waals surface area contributed by atoms with Crippen LogP contribution in [0.15, 0.2) is 30.5 Å². The van der Waals surface area contributed by atoms with Gasteiger partial charge in [0.15, 0.2) is 5.78 Å². The number of carbonyl (C=O) groups excluding carboxylic acids is 2. The second kappa shape index (κ2) is 3.67. The molecule has 1 atom stereocenters. The first kappa shape index (κ1) is 9.61. The van der Waals surface area contributed by atoms with E-state index in [2.05, 4.69) is 4.98 Å². The quantitative estimate of drug-likeness (QED) is 0.440. The van der Waals surface area contributed by atoms with Crippen molar-refractivity contribution in [1.29, 1.82) is 0 Å². The molecule has 1 heterocycles. The highest BCUT2D eigenvalue weighted by Crippen LogP contribution is 2.18. The molecule has 1 unspecified atom stereocenters. The van der Waals surface area contributed by atoms with E-state index >= 15 is 0 Å². The lowest BCUT2D eigenvalue weighted by molar-refractivity contribution is -0.108. The largest absolute Gasteiger partial charge is 0.360 e. The summed E-state index contributed by atoms with van der Waals surface area (Å²) in [6.45, 7) is 0. The van der Waals surface area contributed by atoms with Crippen molar-refractivity contribution >= 4 is 23.0 Å². The van der Waals surface area contributed by atoms with Crippen molar-refractivity contribution in [3.05, 3.63) is 36.0 Å². The number of Topliss-reactive ketones (excluding diaryl/α,β-unsaturated/α-hetero) is 1. The van der Waals surface area contributed by atoms with Gasteiger partial charge >= 0.3 is 0 Å². The van der Waals surface area contributed by atoms with Crippen LogP contribution in [0.3, 0.4) is 0 Å². The van der Waals surface area contributed by atoms with Gasteiger partial charge in [-0.15, -0.1) is 0 Å². The van der Waals surface area contributed by atoms with E-state index in [1.54, 1.807) is 6.20 Å². The number of aromatic amines is 1. The number of fused-ring (bicyclic) bond motifs is 1. The number of aldehydes is 1. The summed E-state index contributed by atoms with van der Waals surface area (Å²) < 4.78 is 0. The van der Waals surface area contributed by atoms with Gasteiger partial charge in [-0.05, 0) is 6.07 Å². The second-order valence-electron chi connectivity index (χ2n) is 3.27. The average molecular weight is 202 g/mol. The predicted molar refractivity (Wildman–Crippen MR) is 56.7 cm³/mol. The SMILES string of the molecule is NC(C=O)C(=O)c1c[nH]c2ccccc12. The van der Waals surface area contributed by atoms with Crippen LogP contribution in [-0.4, -0.2) is 23.1 Å². The fourth-order valence-electron chi connectivity index (χ4n) is 1.52. The second-order valence-corrected chi connectivity index (χ2v) is 3.27. The number of aromatic nitrogens is 1. The molecular formula is C11H10N2O2. The summed E-state index contributed by atoms with van der Waals surface area (Å²) in [5, 5.41) is 0.791. The molecule has 0 aliphatic carbocycles. The summed E-state index contributed by atoms with van der Waals surface area (Å²) in [5.41, 5.74) is 6.69. The van der Waals surface area contributed by atoms with Crippen LogP contribution < -0.4 is 5.73 Å². The molecule has 0 radical (unpaired) electrons. The van der Waals surface area contributed by atoms with Crippen LogP contribution in [0.5, 0.6) is 0 Å². The number of ketones is 1. The number of benzene rings is 1. The van der Waals surface area contributed by atoms with Gasteiger partial charge in [-0.3, -0.25) is 4.79 Å². The van der Waals surface area contributed by atoms with Crippen LogP contribution in [0.1, 0.15) is 10.4 Å². The zero-order valence-corrected chi connectivity index (χ0v) is 7.94. The number of hydrogen-bond acceptors (Lipinski definition) is 3. The molecule has 1 aromatic heterocycles. The van der Waals surface area contributed by atoms with E-state index in [1.165, 1.54) is 0 Å². The summed E-state index contributed by atoms with van der Waals surface area (Å²) in [7, 11) is 0. The summed E-state index contributed by atoms with van der Waals surface area (Å²) in [6, 6.07) is 6.30. The summed E-state index contributed by atoms with van der Waals surface area (Å²) in [6.07, 6.45) is 2.03. The van der Waals surface area contributed by atoms with Gasteiger partial charge < -0.3 is 15.5 Å². The molecule has 2 rings (SSSR count). The van der Waals surface area contributed by atoms with Crippen LogP contribution in [0.4, 0.5) is 0 Å². The molecule has 0 spiro atoms. The number of carbonyl (C=O) groups is 2. The lowest BCUT2D eigenvalue weighted by atomic mass is 10.1. The smallest absolute Gasteiger partial charge is 0.188 e. The van der Waals surface area contributed by atoms with Crippen molar-refractivity contribution in [2.24, 2.45) is 5.73 Å². The van der Waals surface area contributed by atoms with Crippen LogP contribution in [-0.2, 0) is 4.79 Å². The highest BCUT2D eigenvalue weighted by atomic mass is 16.1. The molecule has 1 aromatic carbocycles. The Labute approximate surface area is 86.1 Å². The Morgan fingerprint density at radius 2 is 2.13 bits per heavy atom. The number of rotatable bonds is 3. The first-order valence-corrected chi connectivity index (χ1v) is 4.55. The van der Waals surface area contributed by atoms with Gasteiger partial charge in [0.05, 0.1) is 0 Å². The molecule has 0 aliphatic rings. The van der Waals surface area contributed by atoms with E-state index in [-0.39, 0.29) is 5.78 Å². The van der Waals surface area contributed by atoms with Crippen molar-refractivity contribution in [2.45, 2.75) is 6.04 Å². The molecule has 0 saturated heterocycles. The van der Waals surface area contributed by atoms with E-state index in [9.17, 15) is 9.59 Å². The fraction of sp³-hybridized carbons (Fsp3) is 0.0909. The topological polar surface area (TPSA) is 76.0 Å². The lowest BCUT2D eigenvalue weighted by Gasteiger charge is -2.00. The zero-order valence-electron chi connectivity index (χ0n) is 7.94. The third kappa shape index (κ3) is 1.55. The van der Waals surface area contributed by atoms with Crippen LogP contribution in [0.2, 0.25) is 0 Å². The van der Waals surface area contributed by atoms with Crippen LogP contribution in [0.25, 0.3) is 10.9 Å². The molecule has 0 saturated carbocycles. The maximum Gasteiger partial charge on any atom is 0.188 e. The molecule has 0 amide bonds. The Morgan fingerprint density at radius 3 is 2.87 bits per heavy atom. The monoisotopic (exact) mass is 202 g/mol. The van der Waals surface area contributed by atoms with Gasteiger partial charge in [0.1, 0.15) is 12.3 Å². The van der Waals surface area contributed by atoms with Gasteiger partial charge in [0.25, 0.3) is 0 Å². The van der Waals surface area contributed by atoms with Gasteiger partial charge in [-0.25, -0.2) is 0 Å². The average Bonchev–Trinajstić information content (AvgIpc) is 2.70. The maximum atomic E-state index is 11.7. The van der Waals surface area contributed by atoms with Crippen molar-refractivity contribution in [3.63, 3.8) is 0 Å². The first-order chi connectivity index (χ1) is 7.24.